The lowest BCUT2D eigenvalue weighted by Crippen LogP contribution is -2.36. The highest BCUT2D eigenvalue weighted by Crippen LogP contribution is 2.36. The number of allylic oxidation sites excluding steroid dienone is 8. The molecular formula is C29H30BrN3OS. The quantitative estimate of drug-likeness (QED) is 0.293. The summed E-state index contributed by atoms with van der Waals surface area (Å²) in [6.45, 7) is 8.33. The number of halogens is 1. The number of rotatable bonds is 6. The molecule has 1 aliphatic carbocycles. The normalized spacial score (nSPS) is 14.8. The number of hydrogen-bond acceptors (Lipinski definition) is 4. The summed E-state index contributed by atoms with van der Waals surface area (Å²) < 4.78 is 1.12. The van der Waals surface area contributed by atoms with E-state index in [0.717, 1.165) is 27.9 Å². The van der Waals surface area contributed by atoms with Crippen molar-refractivity contribution in [1.82, 2.24) is 10.9 Å². The van der Waals surface area contributed by atoms with E-state index in [9.17, 15) is 4.79 Å². The van der Waals surface area contributed by atoms with E-state index in [-0.39, 0.29) is 5.91 Å². The van der Waals surface area contributed by atoms with Crippen LogP contribution < -0.4 is 10.9 Å². The van der Waals surface area contributed by atoms with E-state index < -0.39 is 0 Å². The second-order valence-corrected chi connectivity index (χ2v) is 10.1. The fourth-order valence-corrected chi connectivity index (χ4v) is 4.58. The van der Waals surface area contributed by atoms with Crippen LogP contribution in [0.15, 0.2) is 122 Å². The predicted molar refractivity (Wildman–Crippen MR) is 152 cm³/mol. The van der Waals surface area contributed by atoms with Gasteiger partial charge in [-0.1, -0.05) is 101 Å². The second-order valence-electron chi connectivity index (χ2n) is 7.90. The molecule has 0 saturated carbocycles. The first-order valence-electron chi connectivity index (χ1n) is 11.4. The molecule has 0 radical (unpaired) electrons. The van der Waals surface area contributed by atoms with Gasteiger partial charge in [0.15, 0.2) is 0 Å². The van der Waals surface area contributed by atoms with Gasteiger partial charge in [-0.2, -0.15) is 0 Å². The van der Waals surface area contributed by atoms with Crippen LogP contribution in [0.5, 0.6) is 0 Å². The molecule has 6 heteroatoms. The van der Waals surface area contributed by atoms with Gasteiger partial charge < -0.3 is 0 Å². The minimum atomic E-state index is -0.0732. The highest BCUT2D eigenvalue weighted by molar-refractivity contribution is 9.11. The van der Waals surface area contributed by atoms with Crippen LogP contribution in [0.25, 0.3) is 0 Å². The second kappa shape index (κ2) is 13.8. The molecule has 0 fully saturated rings. The van der Waals surface area contributed by atoms with Gasteiger partial charge >= 0.3 is 0 Å². The molecule has 1 amide bonds. The van der Waals surface area contributed by atoms with Crippen molar-refractivity contribution in [3.63, 3.8) is 0 Å². The summed E-state index contributed by atoms with van der Waals surface area (Å²) in [6.07, 6.45) is 11.4. The lowest BCUT2D eigenvalue weighted by Gasteiger charge is -2.10. The van der Waals surface area contributed by atoms with Crippen LogP contribution in [0.3, 0.4) is 0 Å². The Kier molecular flexibility index (Phi) is 10.5. The first-order chi connectivity index (χ1) is 17.0. The standard InChI is InChI=1S/C18H16BrNS.C11H14N2O/c1-12-13(2)21-17-9-4-3-8-16(17)18(20-12)14-6-5-7-15(19)11-10-14;1-2-6-11(14)13-12-9-10-7-4-3-5-8-10/h3-4,6-11H,5H2,1-2H3;2-5,7-8,12H,1,6,9H2,(H,13,14). The number of carbonyl (C=O) groups excluding carboxylic acids is 1. The third-order valence-corrected chi connectivity index (χ3v) is 7.00. The van der Waals surface area contributed by atoms with Gasteiger partial charge in [0.1, 0.15) is 0 Å². The predicted octanol–water partition coefficient (Wildman–Crippen LogP) is 7.38. The summed E-state index contributed by atoms with van der Waals surface area (Å²) in [4.78, 5) is 18.4. The maximum atomic E-state index is 11.0. The van der Waals surface area contributed by atoms with Crippen molar-refractivity contribution in [3.05, 3.63) is 123 Å². The number of aliphatic imine (C=N–C) groups is 1. The van der Waals surface area contributed by atoms with Gasteiger partial charge in [-0.15, -0.1) is 6.58 Å². The Bertz CT molecular complexity index is 1210. The molecular weight excluding hydrogens is 518 g/mol. The summed E-state index contributed by atoms with van der Waals surface area (Å²) in [6, 6.07) is 18.4. The van der Waals surface area contributed by atoms with Crippen molar-refractivity contribution in [1.29, 1.82) is 0 Å². The monoisotopic (exact) mass is 547 g/mol. The number of carbonyl (C=O) groups is 1. The van der Waals surface area contributed by atoms with Crippen molar-refractivity contribution in [2.45, 2.75) is 38.1 Å². The molecule has 2 aliphatic rings. The molecule has 1 aliphatic heterocycles. The van der Waals surface area contributed by atoms with E-state index in [0.29, 0.717) is 13.0 Å². The number of thioether (sulfide) groups is 1. The molecule has 2 N–H and O–H groups in total. The smallest absolute Gasteiger partial charge is 0.237 e. The number of amides is 1. The van der Waals surface area contributed by atoms with Crippen LogP contribution in [0, 0.1) is 0 Å². The molecule has 0 spiro atoms. The van der Waals surface area contributed by atoms with Crippen LogP contribution in [0.4, 0.5) is 0 Å². The van der Waals surface area contributed by atoms with Crippen molar-refractivity contribution in [3.8, 4) is 0 Å². The fraction of sp³-hybridized carbons (Fsp3) is 0.172. The van der Waals surface area contributed by atoms with Gasteiger partial charge in [-0.05, 0) is 43.5 Å². The highest BCUT2D eigenvalue weighted by atomic mass is 79.9. The van der Waals surface area contributed by atoms with Gasteiger partial charge in [-0.3, -0.25) is 15.2 Å². The zero-order valence-corrected chi connectivity index (χ0v) is 22.5. The van der Waals surface area contributed by atoms with Gasteiger partial charge in [-0.25, -0.2) is 5.43 Å². The van der Waals surface area contributed by atoms with E-state index in [4.69, 9.17) is 4.99 Å². The van der Waals surface area contributed by atoms with Crippen molar-refractivity contribution < 1.29 is 4.79 Å². The number of fused-ring (bicyclic) bond motifs is 1. The van der Waals surface area contributed by atoms with Crippen molar-refractivity contribution >= 4 is 39.3 Å². The topological polar surface area (TPSA) is 53.5 Å². The SMILES string of the molecule is C=CCC(=O)NNCc1ccccc1.CC1=C(C)Sc2ccccc2C(C2=CCC=C(Br)C=C2)=N1. The first-order valence-corrected chi connectivity index (χ1v) is 13.0. The minimum absolute atomic E-state index is 0.0732. The van der Waals surface area contributed by atoms with Crippen LogP contribution in [-0.2, 0) is 11.3 Å². The largest absolute Gasteiger partial charge is 0.291 e. The van der Waals surface area contributed by atoms with E-state index in [2.05, 4.69) is 95.8 Å². The summed E-state index contributed by atoms with van der Waals surface area (Å²) in [7, 11) is 0. The molecule has 2 aromatic carbocycles. The van der Waals surface area contributed by atoms with E-state index in [1.54, 1.807) is 17.8 Å². The Morgan fingerprint density at radius 3 is 2.60 bits per heavy atom. The number of hydrogen-bond donors (Lipinski definition) is 2. The third-order valence-electron chi connectivity index (χ3n) is 5.23. The number of hydrazine groups is 1. The van der Waals surface area contributed by atoms with Crippen molar-refractivity contribution in [2.75, 3.05) is 0 Å². The molecule has 4 rings (SSSR count). The van der Waals surface area contributed by atoms with Crippen LogP contribution >= 0.6 is 27.7 Å². The Balaban J connectivity index is 0.000000214. The summed E-state index contributed by atoms with van der Waals surface area (Å²) >= 11 is 5.35. The van der Waals surface area contributed by atoms with Gasteiger partial charge in [0, 0.05) is 38.5 Å². The highest BCUT2D eigenvalue weighted by Gasteiger charge is 2.17. The summed E-state index contributed by atoms with van der Waals surface area (Å²) in [5, 5.41) is 0. The van der Waals surface area contributed by atoms with Crippen LogP contribution in [0.2, 0.25) is 0 Å². The molecule has 1 heterocycles. The number of benzene rings is 2. The number of nitrogens with zero attached hydrogens (tertiary/aromatic N) is 1. The molecule has 0 saturated heterocycles. The molecule has 180 valence electrons. The van der Waals surface area contributed by atoms with Gasteiger partial charge in [0.25, 0.3) is 0 Å². The zero-order valence-electron chi connectivity index (χ0n) is 20.1. The van der Waals surface area contributed by atoms with Gasteiger partial charge in [0.2, 0.25) is 5.91 Å². The van der Waals surface area contributed by atoms with Crippen LogP contribution in [-0.4, -0.2) is 11.6 Å². The lowest BCUT2D eigenvalue weighted by atomic mass is 10.0. The van der Waals surface area contributed by atoms with Crippen molar-refractivity contribution in [2.24, 2.45) is 4.99 Å². The molecule has 2 aromatic rings. The minimum Gasteiger partial charge on any atom is -0.291 e. The number of nitrogens with one attached hydrogen (secondary N) is 2. The first kappa shape index (κ1) is 26.7. The van der Waals surface area contributed by atoms with E-state index in [1.807, 2.05) is 30.3 Å². The zero-order chi connectivity index (χ0) is 25.0. The van der Waals surface area contributed by atoms with Gasteiger partial charge in [0.05, 0.1) is 5.71 Å². The summed E-state index contributed by atoms with van der Waals surface area (Å²) in [5.41, 5.74) is 11.1. The molecule has 4 nitrogen and oxygen atoms in total. The van der Waals surface area contributed by atoms with Crippen LogP contribution in [0.1, 0.15) is 37.8 Å². The average molecular weight is 549 g/mol. The summed E-state index contributed by atoms with van der Waals surface area (Å²) in [5.74, 6) is -0.0732. The molecule has 0 unspecified atom stereocenters. The Hall–Kier alpha value is -2.93. The Morgan fingerprint density at radius 1 is 1.09 bits per heavy atom. The average Bonchev–Trinajstić information content (AvgIpc) is 3.15. The Morgan fingerprint density at radius 2 is 1.83 bits per heavy atom. The third kappa shape index (κ3) is 8.35. The Labute approximate surface area is 220 Å². The molecule has 35 heavy (non-hydrogen) atoms. The van der Waals surface area contributed by atoms with E-state index in [1.165, 1.54) is 20.9 Å². The maximum absolute atomic E-state index is 11.0. The molecule has 0 bridgehead atoms. The molecule has 0 aromatic heterocycles. The molecule has 0 atom stereocenters. The van der Waals surface area contributed by atoms with E-state index >= 15 is 0 Å². The lowest BCUT2D eigenvalue weighted by molar-refractivity contribution is -0.121. The maximum Gasteiger partial charge on any atom is 0.237 e. The fourth-order valence-electron chi connectivity index (χ4n) is 3.32.